The van der Waals surface area contributed by atoms with Crippen molar-refractivity contribution >= 4 is 22.6 Å². The van der Waals surface area contributed by atoms with Crippen LogP contribution >= 0.6 is 0 Å². The van der Waals surface area contributed by atoms with Gasteiger partial charge in [0.15, 0.2) is 5.65 Å². The second-order valence-corrected chi connectivity index (χ2v) is 6.46. The Kier molecular flexibility index (Phi) is 4.94. The van der Waals surface area contributed by atoms with Gasteiger partial charge in [-0.05, 0) is 49.2 Å². The van der Waals surface area contributed by atoms with Crippen molar-refractivity contribution in [1.82, 2.24) is 15.4 Å². The standard InChI is InChI=1S/C20H20N4O4/c1-27-18-9-8-15-17(10-11-21-19(15)22-18)28-14-6-4-13(5-7-14)24-12-2-3-16(24)20(25)23-26/h4-11,16,26H,2-3,12H2,1H3,(H,23,25)/t16-/m0/s1. The van der Waals surface area contributed by atoms with Gasteiger partial charge in [0.2, 0.25) is 5.88 Å². The van der Waals surface area contributed by atoms with Crippen molar-refractivity contribution in [2.24, 2.45) is 0 Å². The van der Waals surface area contributed by atoms with Gasteiger partial charge in [-0.3, -0.25) is 10.0 Å². The minimum Gasteiger partial charge on any atom is -0.481 e. The van der Waals surface area contributed by atoms with E-state index in [9.17, 15) is 4.79 Å². The number of fused-ring (bicyclic) bond motifs is 1. The molecule has 1 amide bonds. The zero-order valence-electron chi connectivity index (χ0n) is 15.3. The molecule has 3 heterocycles. The predicted octanol–water partition coefficient (Wildman–Crippen LogP) is 2.90. The number of aromatic nitrogens is 2. The maximum atomic E-state index is 11.8. The largest absolute Gasteiger partial charge is 0.481 e. The summed E-state index contributed by atoms with van der Waals surface area (Å²) >= 11 is 0. The van der Waals surface area contributed by atoms with Gasteiger partial charge in [-0.25, -0.2) is 10.5 Å². The number of ether oxygens (including phenoxy) is 2. The maximum Gasteiger partial charge on any atom is 0.266 e. The molecule has 1 aromatic carbocycles. The van der Waals surface area contributed by atoms with Crippen LogP contribution in [0.5, 0.6) is 17.4 Å². The summed E-state index contributed by atoms with van der Waals surface area (Å²) < 4.78 is 11.2. The van der Waals surface area contributed by atoms with Crippen LogP contribution in [0.1, 0.15) is 12.8 Å². The SMILES string of the molecule is COc1ccc2c(Oc3ccc(N4CCC[C@H]4C(=O)NO)cc3)ccnc2n1. The van der Waals surface area contributed by atoms with E-state index in [2.05, 4.69) is 9.97 Å². The first-order chi connectivity index (χ1) is 13.7. The Morgan fingerprint density at radius 2 is 2.04 bits per heavy atom. The first-order valence-corrected chi connectivity index (χ1v) is 8.98. The number of hydrogen-bond donors (Lipinski definition) is 2. The summed E-state index contributed by atoms with van der Waals surface area (Å²) in [5, 5.41) is 9.71. The van der Waals surface area contributed by atoms with E-state index in [4.69, 9.17) is 14.7 Å². The highest BCUT2D eigenvalue weighted by molar-refractivity contribution is 5.85. The van der Waals surface area contributed by atoms with Crippen molar-refractivity contribution in [2.45, 2.75) is 18.9 Å². The molecule has 0 aliphatic carbocycles. The molecule has 8 heteroatoms. The third-order valence-electron chi connectivity index (χ3n) is 4.81. The summed E-state index contributed by atoms with van der Waals surface area (Å²) in [5.74, 6) is 1.42. The smallest absolute Gasteiger partial charge is 0.266 e. The Labute approximate surface area is 161 Å². The summed E-state index contributed by atoms with van der Waals surface area (Å²) in [7, 11) is 1.56. The molecule has 144 valence electrons. The molecule has 1 atom stereocenters. The molecule has 1 aliphatic heterocycles. The number of rotatable bonds is 5. The topological polar surface area (TPSA) is 96.8 Å². The second kappa shape index (κ2) is 7.69. The van der Waals surface area contributed by atoms with Crippen LogP contribution in [0.2, 0.25) is 0 Å². The molecule has 2 N–H and O–H groups in total. The molecule has 0 saturated carbocycles. The lowest BCUT2D eigenvalue weighted by atomic mass is 10.2. The molecule has 1 saturated heterocycles. The van der Waals surface area contributed by atoms with Gasteiger partial charge in [-0.15, -0.1) is 0 Å². The molecule has 3 aromatic rings. The molecule has 1 aliphatic rings. The van der Waals surface area contributed by atoms with Gasteiger partial charge < -0.3 is 14.4 Å². The van der Waals surface area contributed by atoms with Gasteiger partial charge in [0.1, 0.15) is 17.5 Å². The van der Waals surface area contributed by atoms with Crippen molar-refractivity contribution < 1.29 is 19.5 Å². The molecule has 0 radical (unpaired) electrons. The van der Waals surface area contributed by atoms with Crippen LogP contribution in [0, 0.1) is 0 Å². The highest BCUT2D eigenvalue weighted by Gasteiger charge is 2.30. The molecular formula is C20H20N4O4. The third-order valence-corrected chi connectivity index (χ3v) is 4.81. The Morgan fingerprint density at radius 1 is 1.21 bits per heavy atom. The van der Waals surface area contributed by atoms with Crippen molar-refractivity contribution in [3.63, 3.8) is 0 Å². The van der Waals surface area contributed by atoms with Crippen molar-refractivity contribution in [3.8, 4) is 17.4 Å². The normalized spacial score (nSPS) is 16.2. The lowest BCUT2D eigenvalue weighted by Gasteiger charge is -2.25. The van der Waals surface area contributed by atoms with Gasteiger partial charge in [0.05, 0.1) is 12.5 Å². The fourth-order valence-electron chi connectivity index (χ4n) is 3.45. The van der Waals surface area contributed by atoms with Crippen LogP contribution in [-0.4, -0.2) is 40.8 Å². The van der Waals surface area contributed by atoms with E-state index >= 15 is 0 Å². The molecule has 0 unspecified atom stereocenters. The first-order valence-electron chi connectivity index (χ1n) is 8.98. The minimum absolute atomic E-state index is 0.359. The molecule has 8 nitrogen and oxygen atoms in total. The monoisotopic (exact) mass is 380 g/mol. The predicted molar refractivity (Wildman–Crippen MR) is 103 cm³/mol. The Hall–Kier alpha value is -3.39. The van der Waals surface area contributed by atoms with E-state index in [1.54, 1.807) is 30.9 Å². The number of nitrogens with one attached hydrogen (secondary N) is 1. The molecule has 1 fully saturated rings. The number of hydrogen-bond acceptors (Lipinski definition) is 7. The zero-order chi connectivity index (χ0) is 19.5. The Morgan fingerprint density at radius 3 is 2.79 bits per heavy atom. The van der Waals surface area contributed by atoms with E-state index < -0.39 is 0 Å². The van der Waals surface area contributed by atoms with Crippen molar-refractivity contribution in [3.05, 3.63) is 48.7 Å². The van der Waals surface area contributed by atoms with Crippen LogP contribution in [0.25, 0.3) is 11.0 Å². The molecule has 0 spiro atoms. The summed E-state index contributed by atoms with van der Waals surface area (Å²) in [6, 6.07) is 12.6. The lowest BCUT2D eigenvalue weighted by molar-refractivity contribution is -0.130. The zero-order valence-corrected chi connectivity index (χ0v) is 15.3. The third kappa shape index (κ3) is 3.41. The Balaban J connectivity index is 1.55. The highest BCUT2D eigenvalue weighted by atomic mass is 16.5. The fraction of sp³-hybridized carbons (Fsp3) is 0.250. The average Bonchev–Trinajstić information content (AvgIpc) is 3.23. The van der Waals surface area contributed by atoms with Crippen LogP contribution in [0.4, 0.5) is 5.69 Å². The molecule has 4 rings (SSSR count). The van der Waals surface area contributed by atoms with Gasteiger partial charge in [0, 0.05) is 24.5 Å². The number of anilines is 1. The van der Waals surface area contributed by atoms with E-state index in [1.165, 1.54) is 0 Å². The van der Waals surface area contributed by atoms with Gasteiger partial charge >= 0.3 is 0 Å². The summed E-state index contributed by atoms with van der Waals surface area (Å²) in [6.07, 6.45) is 3.25. The van der Waals surface area contributed by atoms with E-state index in [0.29, 0.717) is 29.4 Å². The van der Waals surface area contributed by atoms with Gasteiger partial charge in [-0.2, -0.15) is 4.98 Å². The number of benzene rings is 1. The van der Waals surface area contributed by atoms with Crippen LogP contribution < -0.4 is 19.9 Å². The van der Waals surface area contributed by atoms with E-state index in [0.717, 1.165) is 24.0 Å². The highest BCUT2D eigenvalue weighted by Crippen LogP contribution is 2.32. The van der Waals surface area contributed by atoms with Crippen molar-refractivity contribution in [1.29, 1.82) is 0 Å². The number of hydroxylamine groups is 1. The summed E-state index contributed by atoms with van der Waals surface area (Å²) in [5.41, 5.74) is 3.20. The van der Waals surface area contributed by atoms with Crippen molar-refractivity contribution in [2.75, 3.05) is 18.6 Å². The van der Waals surface area contributed by atoms with Crippen LogP contribution in [0.3, 0.4) is 0 Å². The minimum atomic E-state index is -0.385. The molecule has 28 heavy (non-hydrogen) atoms. The summed E-state index contributed by atoms with van der Waals surface area (Å²) in [6.45, 7) is 0.765. The Bertz CT molecular complexity index is 993. The van der Waals surface area contributed by atoms with Gasteiger partial charge in [0.25, 0.3) is 5.91 Å². The van der Waals surface area contributed by atoms with Crippen LogP contribution in [0.15, 0.2) is 48.7 Å². The van der Waals surface area contributed by atoms with E-state index in [-0.39, 0.29) is 11.9 Å². The van der Waals surface area contributed by atoms with Gasteiger partial charge in [-0.1, -0.05) is 0 Å². The molecular weight excluding hydrogens is 360 g/mol. The maximum absolute atomic E-state index is 11.8. The molecule has 2 aromatic heterocycles. The second-order valence-electron chi connectivity index (χ2n) is 6.46. The molecule has 0 bridgehead atoms. The van der Waals surface area contributed by atoms with E-state index in [1.807, 2.05) is 35.2 Å². The average molecular weight is 380 g/mol. The van der Waals surface area contributed by atoms with Crippen LogP contribution in [-0.2, 0) is 4.79 Å². The first kappa shape index (κ1) is 18.0. The number of nitrogens with zero attached hydrogens (tertiary/aromatic N) is 3. The number of amides is 1. The number of carbonyl (C=O) groups excluding carboxylic acids is 1. The summed E-state index contributed by atoms with van der Waals surface area (Å²) in [4.78, 5) is 22.4. The number of methoxy groups -OCH3 is 1. The lowest BCUT2D eigenvalue weighted by Crippen LogP contribution is -2.42. The number of carbonyl (C=O) groups is 1. The number of pyridine rings is 2. The quantitative estimate of drug-likeness (QED) is 0.519. The fourth-order valence-corrected chi connectivity index (χ4v) is 3.45.